The van der Waals surface area contributed by atoms with Gasteiger partial charge in [0.2, 0.25) is 0 Å². The lowest BCUT2D eigenvalue weighted by molar-refractivity contribution is -0.145. The van der Waals surface area contributed by atoms with E-state index in [0.717, 1.165) is 12.8 Å². The molecule has 0 saturated heterocycles. The summed E-state index contributed by atoms with van der Waals surface area (Å²) in [5.41, 5.74) is 0. The monoisotopic (exact) mass is 217 g/mol. The SMILES string of the molecule is CCCC(O)CNC(CC)C(=O)OCC. The number of rotatable bonds is 8. The van der Waals surface area contributed by atoms with Gasteiger partial charge in [0.05, 0.1) is 12.7 Å². The van der Waals surface area contributed by atoms with Crippen molar-refractivity contribution in [3.05, 3.63) is 0 Å². The minimum absolute atomic E-state index is 0.233. The van der Waals surface area contributed by atoms with E-state index >= 15 is 0 Å². The van der Waals surface area contributed by atoms with Gasteiger partial charge in [0.1, 0.15) is 6.04 Å². The van der Waals surface area contributed by atoms with Gasteiger partial charge in [-0.25, -0.2) is 0 Å². The van der Waals surface area contributed by atoms with E-state index in [2.05, 4.69) is 5.32 Å². The third-order valence-corrected chi connectivity index (χ3v) is 2.20. The molecule has 0 aromatic heterocycles. The molecule has 0 radical (unpaired) electrons. The number of esters is 1. The molecule has 0 spiro atoms. The van der Waals surface area contributed by atoms with Crippen LogP contribution in [0.2, 0.25) is 0 Å². The topological polar surface area (TPSA) is 58.6 Å². The Kier molecular flexibility index (Phi) is 8.33. The van der Waals surface area contributed by atoms with Gasteiger partial charge in [-0.1, -0.05) is 20.3 Å². The lowest BCUT2D eigenvalue weighted by Crippen LogP contribution is -2.41. The smallest absolute Gasteiger partial charge is 0.323 e. The zero-order valence-corrected chi connectivity index (χ0v) is 9.95. The van der Waals surface area contributed by atoms with E-state index in [9.17, 15) is 9.90 Å². The molecule has 2 N–H and O–H groups in total. The lowest BCUT2D eigenvalue weighted by Gasteiger charge is -2.17. The Morgan fingerprint density at radius 2 is 2.07 bits per heavy atom. The van der Waals surface area contributed by atoms with Crippen LogP contribution < -0.4 is 5.32 Å². The van der Waals surface area contributed by atoms with Crippen LogP contribution in [0.3, 0.4) is 0 Å². The molecule has 0 aromatic rings. The first-order valence-electron chi connectivity index (χ1n) is 5.73. The second kappa shape index (κ2) is 8.68. The van der Waals surface area contributed by atoms with Crippen LogP contribution in [-0.4, -0.2) is 36.4 Å². The van der Waals surface area contributed by atoms with Gasteiger partial charge in [-0.05, 0) is 19.8 Å². The minimum atomic E-state index is -0.376. The van der Waals surface area contributed by atoms with Crippen LogP contribution in [0.25, 0.3) is 0 Å². The zero-order chi connectivity index (χ0) is 11.7. The molecular weight excluding hydrogens is 194 g/mol. The van der Waals surface area contributed by atoms with Crippen molar-refractivity contribution in [3.63, 3.8) is 0 Å². The van der Waals surface area contributed by atoms with Gasteiger partial charge in [0, 0.05) is 6.54 Å². The van der Waals surface area contributed by atoms with E-state index in [0.29, 0.717) is 19.6 Å². The van der Waals surface area contributed by atoms with E-state index in [1.165, 1.54) is 0 Å². The first kappa shape index (κ1) is 14.4. The van der Waals surface area contributed by atoms with Crippen molar-refractivity contribution in [2.24, 2.45) is 0 Å². The highest BCUT2D eigenvalue weighted by Gasteiger charge is 2.17. The molecule has 0 rings (SSSR count). The number of nitrogens with one attached hydrogen (secondary N) is 1. The summed E-state index contributed by atoms with van der Waals surface area (Å²) in [4.78, 5) is 11.4. The quantitative estimate of drug-likeness (QED) is 0.597. The van der Waals surface area contributed by atoms with Gasteiger partial charge < -0.3 is 15.2 Å². The number of ether oxygens (including phenoxy) is 1. The summed E-state index contributed by atoms with van der Waals surface area (Å²) in [5, 5.41) is 12.5. The molecule has 0 aliphatic rings. The highest BCUT2D eigenvalue weighted by molar-refractivity contribution is 5.75. The Balaban J connectivity index is 3.83. The van der Waals surface area contributed by atoms with Gasteiger partial charge in [-0.2, -0.15) is 0 Å². The van der Waals surface area contributed by atoms with E-state index in [1.54, 1.807) is 6.92 Å². The first-order valence-corrected chi connectivity index (χ1v) is 5.73. The van der Waals surface area contributed by atoms with E-state index in [1.807, 2.05) is 13.8 Å². The molecule has 0 bridgehead atoms. The number of aliphatic hydroxyl groups is 1. The average molecular weight is 217 g/mol. The molecule has 90 valence electrons. The van der Waals surface area contributed by atoms with E-state index < -0.39 is 0 Å². The number of aliphatic hydroxyl groups excluding tert-OH is 1. The lowest BCUT2D eigenvalue weighted by atomic mass is 10.2. The predicted molar refractivity (Wildman–Crippen MR) is 59.6 cm³/mol. The summed E-state index contributed by atoms with van der Waals surface area (Å²) in [6.45, 7) is 6.57. The van der Waals surface area contributed by atoms with E-state index in [4.69, 9.17) is 4.74 Å². The molecule has 2 unspecified atom stereocenters. The Hall–Kier alpha value is -0.610. The molecular formula is C11H23NO3. The molecule has 4 heteroatoms. The van der Waals surface area contributed by atoms with E-state index in [-0.39, 0.29) is 18.1 Å². The maximum absolute atomic E-state index is 11.4. The summed E-state index contributed by atoms with van der Waals surface area (Å²) in [6.07, 6.45) is 2.00. The van der Waals surface area contributed by atoms with Crippen molar-refractivity contribution in [1.29, 1.82) is 0 Å². The molecule has 0 aliphatic carbocycles. The second-order valence-electron chi connectivity index (χ2n) is 3.56. The molecule has 4 nitrogen and oxygen atoms in total. The summed E-state index contributed by atoms with van der Waals surface area (Å²) in [7, 11) is 0. The fourth-order valence-electron chi connectivity index (χ4n) is 1.35. The van der Waals surface area contributed by atoms with Gasteiger partial charge in [0.25, 0.3) is 0 Å². The van der Waals surface area contributed by atoms with Gasteiger partial charge in [-0.15, -0.1) is 0 Å². The fraction of sp³-hybridized carbons (Fsp3) is 0.909. The highest BCUT2D eigenvalue weighted by atomic mass is 16.5. The second-order valence-corrected chi connectivity index (χ2v) is 3.56. The van der Waals surface area contributed by atoms with Crippen LogP contribution in [0, 0.1) is 0 Å². The van der Waals surface area contributed by atoms with Gasteiger partial charge >= 0.3 is 5.97 Å². The molecule has 0 aliphatic heterocycles. The summed E-state index contributed by atoms with van der Waals surface area (Å²) >= 11 is 0. The molecule has 0 heterocycles. The number of carbonyl (C=O) groups excluding carboxylic acids is 1. The van der Waals surface area contributed by atoms with Crippen LogP contribution >= 0.6 is 0 Å². The van der Waals surface area contributed by atoms with Gasteiger partial charge in [-0.3, -0.25) is 4.79 Å². The molecule has 0 amide bonds. The number of hydrogen-bond donors (Lipinski definition) is 2. The van der Waals surface area contributed by atoms with Crippen LogP contribution in [0.5, 0.6) is 0 Å². The highest BCUT2D eigenvalue weighted by Crippen LogP contribution is 1.98. The number of carbonyl (C=O) groups is 1. The van der Waals surface area contributed by atoms with Crippen LogP contribution in [-0.2, 0) is 9.53 Å². The molecule has 0 saturated carbocycles. The summed E-state index contributed by atoms with van der Waals surface area (Å²) in [6, 6.07) is -0.295. The largest absolute Gasteiger partial charge is 0.465 e. The first-order chi connectivity index (χ1) is 7.15. The Morgan fingerprint density at radius 3 is 2.53 bits per heavy atom. The predicted octanol–water partition coefficient (Wildman–Crippen LogP) is 1.08. The normalized spacial score (nSPS) is 14.7. The Labute approximate surface area is 92.0 Å². The Morgan fingerprint density at radius 1 is 1.40 bits per heavy atom. The molecule has 0 fully saturated rings. The van der Waals surface area contributed by atoms with Crippen LogP contribution in [0.4, 0.5) is 0 Å². The standard InChI is InChI=1S/C11H23NO3/c1-4-7-9(13)8-12-10(5-2)11(14)15-6-3/h9-10,12-13H,4-8H2,1-3H3. The maximum Gasteiger partial charge on any atom is 0.323 e. The summed E-state index contributed by atoms with van der Waals surface area (Å²) < 4.78 is 4.90. The molecule has 15 heavy (non-hydrogen) atoms. The number of hydrogen-bond acceptors (Lipinski definition) is 4. The Bertz CT molecular complexity index is 173. The third-order valence-electron chi connectivity index (χ3n) is 2.20. The fourth-order valence-corrected chi connectivity index (χ4v) is 1.35. The third kappa shape index (κ3) is 6.47. The summed E-state index contributed by atoms with van der Waals surface area (Å²) in [5.74, 6) is -0.233. The van der Waals surface area contributed by atoms with Crippen molar-refractivity contribution in [1.82, 2.24) is 5.32 Å². The van der Waals surface area contributed by atoms with Crippen molar-refractivity contribution in [3.8, 4) is 0 Å². The van der Waals surface area contributed by atoms with Crippen molar-refractivity contribution in [2.75, 3.05) is 13.2 Å². The van der Waals surface area contributed by atoms with Crippen LogP contribution in [0.15, 0.2) is 0 Å². The van der Waals surface area contributed by atoms with Crippen molar-refractivity contribution < 1.29 is 14.6 Å². The van der Waals surface area contributed by atoms with Gasteiger partial charge in [0.15, 0.2) is 0 Å². The minimum Gasteiger partial charge on any atom is -0.465 e. The van der Waals surface area contributed by atoms with Crippen molar-refractivity contribution in [2.45, 2.75) is 52.2 Å². The molecule has 2 atom stereocenters. The average Bonchev–Trinajstić information content (AvgIpc) is 2.19. The zero-order valence-electron chi connectivity index (χ0n) is 9.95. The molecule has 0 aromatic carbocycles. The maximum atomic E-state index is 11.4. The van der Waals surface area contributed by atoms with Crippen LogP contribution in [0.1, 0.15) is 40.0 Å². The van der Waals surface area contributed by atoms with Crippen molar-refractivity contribution >= 4 is 5.97 Å².